The minimum atomic E-state index is -0.140. The van der Waals surface area contributed by atoms with E-state index in [0.717, 1.165) is 12.1 Å². The van der Waals surface area contributed by atoms with E-state index in [1.54, 1.807) is 7.05 Å². The number of amides is 1. The molecule has 1 aromatic carbocycles. The van der Waals surface area contributed by atoms with Crippen LogP contribution in [0, 0.1) is 5.41 Å². The quantitative estimate of drug-likeness (QED) is 0.278. The number of aliphatic imine (C=N–C) groups is 1. The lowest BCUT2D eigenvalue weighted by Crippen LogP contribution is -2.46. The highest BCUT2D eigenvalue weighted by Crippen LogP contribution is 2.31. The van der Waals surface area contributed by atoms with Crippen LogP contribution in [0.5, 0.6) is 0 Å². The summed E-state index contributed by atoms with van der Waals surface area (Å²) in [6.07, 6.45) is 1.59. The standard InChI is InChI=1S/C17H26N4O3.HI/c1-18-16(20-12-17(7-9-22)8-10-24-13-17)19-11-15(23)21-14-5-3-2-4-6-14;/h2-6,22H,7-13H2,1H3,(H,21,23)(H2,18,19,20);1H. The number of benzene rings is 1. The molecule has 1 aliphatic heterocycles. The van der Waals surface area contributed by atoms with Crippen LogP contribution in [0.4, 0.5) is 5.69 Å². The number of hydrogen-bond donors (Lipinski definition) is 4. The molecule has 0 aromatic heterocycles. The van der Waals surface area contributed by atoms with Crippen molar-refractivity contribution in [2.24, 2.45) is 10.4 Å². The van der Waals surface area contributed by atoms with Gasteiger partial charge >= 0.3 is 0 Å². The van der Waals surface area contributed by atoms with Gasteiger partial charge in [-0.25, -0.2) is 0 Å². The van der Waals surface area contributed by atoms with Gasteiger partial charge in [0.1, 0.15) is 0 Å². The van der Waals surface area contributed by atoms with Crippen LogP contribution in [0.25, 0.3) is 0 Å². The monoisotopic (exact) mass is 462 g/mol. The second-order valence-corrected chi connectivity index (χ2v) is 5.97. The predicted octanol–water partition coefficient (Wildman–Crippen LogP) is 1.20. The van der Waals surface area contributed by atoms with Crippen molar-refractivity contribution in [1.82, 2.24) is 10.6 Å². The number of anilines is 1. The number of para-hydroxylation sites is 1. The van der Waals surface area contributed by atoms with E-state index in [9.17, 15) is 9.90 Å². The number of halogens is 1. The molecule has 0 spiro atoms. The predicted molar refractivity (Wildman–Crippen MR) is 109 cm³/mol. The van der Waals surface area contributed by atoms with Crippen molar-refractivity contribution >= 4 is 41.5 Å². The third-order valence-electron chi connectivity index (χ3n) is 4.16. The summed E-state index contributed by atoms with van der Waals surface area (Å²) < 4.78 is 5.47. The van der Waals surface area contributed by atoms with Gasteiger partial charge in [0.15, 0.2) is 5.96 Å². The lowest BCUT2D eigenvalue weighted by molar-refractivity contribution is -0.115. The third-order valence-corrected chi connectivity index (χ3v) is 4.16. The van der Waals surface area contributed by atoms with Gasteiger partial charge in [-0.15, -0.1) is 24.0 Å². The summed E-state index contributed by atoms with van der Waals surface area (Å²) in [6.45, 7) is 2.25. The number of ether oxygens (including phenoxy) is 1. The number of aliphatic hydroxyl groups excluding tert-OH is 1. The molecular formula is C17H27IN4O3. The Morgan fingerprint density at radius 2 is 2.08 bits per heavy atom. The first kappa shape index (κ1) is 21.7. The second kappa shape index (κ2) is 11.3. The topological polar surface area (TPSA) is 95.0 Å². The Balaban J connectivity index is 0.00000312. The number of rotatable bonds is 7. The average Bonchev–Trinajstić information content (AvgIpc) is 3.05. The number of carbonyl (C=O) groups excluding carboxylic acids is 1. The normalized spacial score (nSPS) is 19.8. The summed E-state index contributed by atoms with van der Waals surface area (Å²) in [6, 6.07) is 9.31. The van der Waals surface area contributed by atoms with Gasteiger partial charge in [0.05, 0.1) is 13.2 Å². The van der Waals surface area contributed by atoms with Gasteiger partial charge in [0, 0.05) is 37.9 Å². The van der Waals surface area contributed by atoms with Gasteiger partial charge < -0.3 is 25.8 Å². The highest BCUT2D eigenvalue weighted by atomic mass is 127. The zero-order chi connectivity index (χ0) is 17.3. The van der Waals surface area contributed by atoms with Crippen molar-refractivity contribution in [1.29, 1.82) is 0 Å². The minimum Gasteiger partial charge on any atom is -0.396 e. The smallest absolute Gasteiger partial charge is 0.243 e. The molecule has 4 N–H and O–H groups in total. The maximum absolute atomic E-state index is 11.9. The van der Waals surface area contributed by atoms with Crippen molar-refractivity contribution in [3.8, 4) is 0 Å². The van der Waals surface area contributed by atoms with Crippen LogP contribution < -0.4 is 16.0 Å². The molecule has 1 unspecified atom stereocenters. The molecule has 0 radical (unpaired) electrons. The fourth-order valence-electron chi connectivity index (χ4n) is 2.69. The second-order valence-electron chi connectivity index (χ2n) is 5.97. The Hall–Kier alpha value is -1.39. The minimum absolute atomic E-state index is 0. The highest BCUT2D eigenvalue weighted by molar-refractivity contribution is 14.0. The molecule has 1 heterocycles. The van der Waals surface area contributed by atoms with E-state index >= 15 is 0 Å². The third kappa shape index (κ3) is 7.17. The Bertz CT molecular complexity index is 548. The molecule has 1 atom stereocenters. The van der Waals surface area contributed by atoms with E-state index < -0.39 is 0 Å². The van der Waals surface area contributed by atoms with Gasteiger partial charge in [-0.05, 0) is 25.0 Å². The molecule has 1 amide bonds. The first-order chi connectivity index (χ1) is 11.7. The molecule has 25 heavy (non-hydrogen) atoms. The fourth-order valence-corrected chi connectivity index (χ4v) is 2.69. The highest BCUT2D eigenvalue weighted by Gasteiger charge is 2.34. The maximum Gasteiger partial charge on any atom is 0.243 e. The Kier molecular flexibility index (Phi) is 9.76. The molecule has 1 aliphatic rings. The van der Waals surface area contributed by atoms with Crippen LogP contribution in [0.1, 0.15) is 12.8 Å². The van der Waals surface area contributed by atoms with Gasteiger partial charge in [0.25, 0.3) is 0 Å². The molecule has 2 rings (SSSR count). The van der Waals surface area contributed by atoms with E-state index in [1.807, 2.05) is 30.3 Å². The number of nitrogens with one attached hydrogen (secondary N) is 3. The number of nitrogens with zero attached hydrogens (tertiary/aromatic N) is 1. The van der Waals surface area contributed by atoms with Crippen LogP contribution in [-0.4, -0.2) is 56.9 Å². The molecular weight excluding hydrogens is 435 g/mol. The summed E-state index contributed by atoms with van der Waals surface area (Å²) in [5.74, 6) is 0.417. The number of carbonyl (C=O) groups is 1. The molecule has 0 aliphatic carbocycles. The van der Waals surface area contributed by atoms with Crippen LogP contribution >= 0.6 is 24.0 Å². The Morgan fingerprint density at radius 3 is 2.68 bits per heavy atom. The van der Waals surface area contributed by atoms with E-state index in [-0.39, 0.29) is 48.5 Å². The molecule has 0 saturated carbocycles. The van der Waals surface area contributed by atoms with Gasteiger partial charge in [-0.1, -0.05) is 18.2 Å². The summed E-state index contributed by atoms with van der Waals surface area (Å²) in [5.41, 5.74) is 0.691. The average molecular weight is 462 g/mol. The molecule has 8 heteroatoms. The summed E-state index contributed by atoms with van der Waals surface area (Å²) in [4.78, 5) is 16.1. The molecule has 0 bridgehead atoms. The largest absolute Gasteiger partial charge is 0.396 e. The molecule has 1 saturated heterocycles. The lowest BCUT2D eigenvalue weighted by Gasteiger charge is -2.27. The van der Waals surface area contributed by atoms with Gasteiger partial charge in [-0.3, -0.25) is 9.79 Å². The summed E-state index contributed by atoms with van der Waals surface area (Å²) in [7, 11) is 1.66. The first-order valence-corrected chi connectivity index (χ1v) is 8.15. The van der Waals surface area contributed by atoms with Crippen LogP contribution in [-0.2, 0) is 9.53 Å². The number of guanidine groups is 1. The van der Waals surface area contributed by atoms with Crippen LogP contribution in [0.15, 0.2) is 35.3 Å². The maximum atomic E-state index is 11.9. The first-order valence-electron chi connectivity index (χ1n) is 8.15. The van der Waals surface area contributed by atoms with E-state index in [0.29, 0.717) is 32.1 Å². The summed E-state index contributed by atoms with van der Waals surface area (Å²) in [5, 5.41) is 18.3. The van der Waals surface area contributed by atoms with E-state index in [2.05, 4.69) is 20.9 Å². The zero-order valence-corrected chi connectivity index (χ0v) is 16.8. The lowest BCUT2D eigenvalue weighted by atomic mass is 9.84. The fraction of sp³-hybridized carbons (Fsp3) is 0.529. The molecule has 1 fully saturated rings. The van der Waals surface area contributed by atoms with E-state index in [4.69, 9.17) is 4.74 Å². The number of aliphatic hydroxyl groups is 1. The Morgan fingerprint density at radius 1 is 1.32 bits per heavy atom. The Labute approximate surface area is 165 Å². The van der Waals surface area contributed by atoms with Crippen molar-refractivity contribution in [2.45, 2.75) is 12.8 Å². The van der Waals surface area contributed by atoms with E-state index in [1.165, 1.54) is 0 Å². The van der Waals surface area contributed by atoms with Crippen LogP contribution in [0.3, 0.4) is 0 Å². The zero-order valence-electron chi connectivity index (χ0n) is 14.5. The molecule has 140 valence electrons. The van der Waals surface area contributed by atoms with Crippen molar-refractivity contribution in [3.63, 3.8) is 0 Å². The van der Waals surface area contributed by atoms with Crippen molar-refractivity contribution < 1.29 is 14.6 Å². The van der Waals surface area contributed by atoms with Gasteiger partial charge in [0.2, 0.25) is 5.91 Å². The molecule has 1 aromatic rings. The van der Waals surface area contributed by atoms with Crippen molar-refractivity contribution in [2.75, 3.05) is 45.3 Å². The summed E-state index contributed by atoms with van der Waals surface area (Å²) >= 11 is 0. The van der Waals surface area contributed by atoms with Crippen LogP contribution in [0.2, 0.25) is 0 Å². The number of hydrogen-bond acceptors (Lipinski definition) is 4. The van der Waals surface area contributed by atoms with Gasteiger partial charge in [-0.2, -0.15) is 0 Å². The van der Waals surface area contributed by atoms with Crippen molar-refractivity contribution in [3.05, 3.63) is 30.3 Å². The molecule has 7 nitrogen and oxygen atoms in total. The SMILES string of the molecule is CN=C(NCC(=O)Nc1ccccc1)NCC1(CCO)CCOC1.I.